The molecule has 0 fully saturated rings. The second-order valence-electron chi connectivity index (χ2n) is 7.03. The molecule has 4 aromatic rings. The predicted octanol–water partition coefficient (Wildman–Crippen LogP) is 2.55. The molecule has 0 unspecified atom stereocenters. The molecular weight excluding hydrogens is 396 g/mol. The van der Waals surface area contributed by atoms with Crippen molar-refractivity contribution in [1.82, 2.24) is 24.4 Å². The molecule has 0 radical (unpaired) electrons. The van der Waals surface area contributed by atoms with Gasteiger partial charge in [0.1, 0.15) is 17.2 Å². The van der Waals surface area contributed by atoms with E-state index in [0.29, 0.717) is 33.8 Å². The smallest absolute Gasteiger partial charge is 0.355 e. The minimum atomic E-state index is -0.499. The predicted molar refractivity (Wildman–Crippen MR) is 116 cm³/mol. The minimum Gasteiger partial charge on any atom is -0.464 e. The number of fused-ring (bicyclic) bond motifs is 1. The zero-order chi connectivity index (χ0) is 22.1. The average molecular weight is 416 g/mol. The Labute approximate surface area is 178 Å². The number of pyridine rings is 3. The van der Waals surface area contributed by atoms with Gasteiger partial charge in [0.25, 0.3) is 5.91 Å². The van der Waals surface area contributed by atoms with Gasteiger partial charge in [0, 0.05) is 37.4 Å². The van der Waals surface area contributed by atoms with E-state index in [-0.39, 0.29) is 11.7 Å². The summed E-state index contributed by atoms with van der Waals surface area (Å²) < 4.78 is 6.61. The van der Waals surface area contributed by atoms with Crippen LogP contribution in [-0.4, -0.2) is 57.5 Å². The molecule has 0 saturated heterocycles. The first-order valence-corrected chi connectivity index (χ1v) is 9.39. The molecule has 4 aromatic heterocycles. The number of aromatic nitrogens is 4. The molecule has 9 nitrogen and oxygen atoms in total. The van der Waals surface area contributed by atoms with Gasteiger partial charge in [-0.15, -0.1) is 0 Å². The SMILES string of the molecule is COC(=O)c1cc2cccnc2n1-c1cnc(N)c(-c2ccc(C(=O)N(C)C)cn2)c1. The van der Waals surface area contributed by atoms with E-state index in [9.17, 15) is 9.59 Å². The number of carbonyl (C=O) groups excluding carboxylic acids is 2. The van der Waals surface area contributed by atoms with Gasteiger partial charge in [0.15, 0.2) is 0 Å². The molecule has 156 valence electrons. The third-order valence-electron chi connectivity index (χ3n) is 4.81. The Morgan fingerprint density at radius 1 is 1.06 bits per heavy atom. The minimum absolute atomic E-state index is 0.147. The van der Waals surface area contributed by atoms with Crippen molar-refractivity contribution < 1.29 is 14.3 Å². The monoisotopic (exact) mass is 416 g/mol. The summed E-state index contributed by atoms with van der Waals surface area (Å²) in [5.41, 5.74) is 9.16. The fourth-order valence-corrected chi connectivity index (χ4v) is 3.28. The molecule has 4 rings (SSSR count). The number of nitrogen functional groups attached to an aromatic ring is 1. The molecule has 1 amide bonds. The van der Waals surface area contributed by atoms with Crippen molar-refractivity contribution in [3.8, 4) is 16.9 Å². The van der Waals surface area contributed by atoms with E-state index in [1.165, 1.54) is 18.2 Å². The molecule has 0 aliphatic heterocycles. The molecular formula is C22H20N6O3. The molecule has 0 bridgehead atoms. The fourth-order valence-electron chi connectivity index (χ4n) is 3.28. The number of nitrogens with two attached hydrogens (primary N) is 1. The quantitative estimate of drug-likeness (QED) is 0.508. The number of ether oxygens (including phenoxy) is 1. The molecule has 0 saturated carbocycles. The number of esters is 1. The zero-order valence-corrected chi connectivity index (χ0v) is 17.2. The van der Waals surface area contributed by atoms with Crippen molar-refractivity contribution in [3.05, 3.63) is 66.2 Å². The molecule has 0 atom stereocenters. The summed E-state index contributed by atoms with van der Waals surface area (Å²) in [7, 11) is 4.68. The molecule has 4 heterocycles. The van der Waals surface area contributed by atoms with Crippen LogP contribution in [0.3, 0.4) is 0 Å². The van der Waals surface area contributed by atoms with Crippen LogP contribution in [0.15, 0.2) is 55.0 Å². The Bertz CT molecular complexity index is 1290. The van der Waals surface area contributed by atoms with Crippen LogP contribution in [0.5, 0.6) is 0 Å². The summed E-state index contributed by atoms with van der Waals surface area (Å²) in [4.78, 5) is 39.1. The van der Waals surface area contributed by atoms with Gasteiger partial charge in [-0.1, -0.05) is 0 Å². The van der Waals surface area contributed by atoms with Gasteiger partial charge in [-0.2, -0.15) is 0 Å². The number of rotatable bonds is 4. The van der Waals surface area contributed by atoms with Gasteiger partial charge in [-0.3, -0.25) is 14.3 Å². The first-order valence-electron chi connectivity index (χ1n) is 9.39. The van der Waals surface area contributed by atoms with E-state index in [0.717, 1.165) is 5.39 Å². The molecule has 0 spiro atoms. The van der Waals surface area contributed by atoms with Gasteiger partial charge < -0.3 is 15.4 Å². The summed E-state index contributed by atoms with van der Waals surface area (Å²) >= 11 is 0. The molecule has 0 aromatic carbocycles. The van der Waals surface area contributed by atoms with E-state index >= 15 is 0 Å². The van der Waals surface area contributed by atoms with E-state index in [1.807, 2.05) is 6.07 Å². The van der Waals surface area contributed by atoms with Crippen LogP contribution in [-0.2, 0) is 4.74 Å². The lowest BCUT2D eigenvalue weighted by atomic mass is 10.1. The highest BCUT2D eigenvalue weighted by Crippen LogP contribution is 2.29. The molecule has 0 aliphatic rings. The van der Waals surface area contributed by atoms with E-state index in [1.54, 1.807) is 61.4 Å². The van der Waals surface area contributed by atoms with Gasteiger partial charge >= 0.3 is 5.97 Å². The summed E-state index contributed by atoms with van der Waals surface area (Å²) in [6, 6.07) is 10.5. The van der Waals surface area contributed by atoms with Gasteiger partial charge in [0.05, 0.1) is 30.3 Å². The number of nitrogens with zero attached hydrogens (tertiary/aromatic N) is 5. The number of methoxy groups -OCH3 is 1. The second-order valence-corrected chi connectivity index (χ2v) is 7.03. The highest BCUT2D eigenvalue weighted by Gasteiger charge is 2.20. The Balaban J connectivity index is 1.84. The first-order chi connectivity index (χ1) is 14.9. The largest absolute Gasteiger partial charge is 0.464 e. The van der Waals surface area contributed by atoms with Crippen LogP contribution in [0.25, 0.3) is 28.0 Å². The maximum absolute atomic E-state index is 12.4. The standard InChI is InChI=1S/C22H20N6O3/c1-27(2)21(29)14-6-7-17(25-11-14)16-10-15(12-26-19(16)23)28-18(22(30)31-3)9-13-5-4-8-24-20(13)28/h4-12H,1-3H3,(H2,23,26). The second kappa shape index (κ2) is 7.86. The molecule has 0 aliphatic carbocycles. The van der Waals surface area contributed by atoms with Crippen LogP contribution in [0.1, 0.15) is 20.8 Å². The fraction of sp³-hybridized carbons (Fsp3) is 0.136. The number of amides is 1. The summed E-state index contributed by atoms with van der Waals surface area (Å²) in [5, 5.41) is 0.783. The van der Waals surface area contributed by atoms with Crippen LogP contribution >= 0.6 is 0 Å². The van der Waals surface area contributed by atoms with Gasteiger partial charge in [-0.05, 0) is 36.4 Å². The lowest BCUT2D eigenvalue weighted by Gasteiger charge is -2.13. The van der Waals surface area contributed by atoms with E-state index in [4.69, 9.17) is 10.5 Å². The summed E-state index contributed by atoms with van der Waals surface area (Å²) in [6.45, 7) is 0. The third-order valence-corrected chi connectivity index (χ3v) is 4.81. The summed E-state index contributed by atoms with van der Waals surface area (Å²) in [5.74, 6) is -0.375. The van der Waals surface area contributed by atoms with Crippen molar-refractivity contribution >= 4 is 28.7 Å². The maximum atomic E-state index is 12.4. The van der Waals surface area contributed by atoms with Crippen LogP contribution in [0.2, 0.25) is 0 Å². The number of carbonyl (C=O) groups is 2. The van der Waals surface area contributed by atoms with Crippen molar-refractivity contribution in [2.75, 3.05) is 26.9 Å². The lowest BCUT2D eigenvalue weighted by Crippen LogP contribution is -2.21. The normalized spacial score (nSPS) is 10.8. The number of hydrogen-bond acceptors (Lipinski definition) is 7. The Morgan fingerprint density at radius 2 is 1.87 bits per heavy atom. The van der Waals surface area contributed by atoms with Crippen LogP contribution < -0.4 is 5.73 Å². The van der Waals surface area contributed by atoms with Gasteiger partial charge in [-0.25, -0.2) is 14.8 Å². The highest BCUT2D eigenvalue weighted by molar-refractivity contribution is 5.96. The van der Waals surface area contributed by atoms with E-state index in [2.05, 4.69) is 15.0 Å². The Hall–Kier alpha value is -4.27. The zero-order valence-electron chi connectivity index (χ0n) is 17.2. The third kappa shape index (κ3) is 3.57. The van der Waals surface area contributed by atoms with Crippen molar-refractivity contribution in [3.63, 3.8) is 0 Å². The topological polar surface area (TPSA) is 116 Å². The lowest BCUT2D eigenvalue weighted by molar-refractivity contribution is 0.0592. The van der Waals surface area contributed by atoms with Crippen molar-refractivity contribution in [1.29, 1.82) is 0 Å². The summed E-state index contributed by atoms with van der Waals surface area (Å²) in [6.07, 6.45) is 4.70. The van der Waals surface area contributed by atoms with Crippen LogP contribution in [0, 0.1) is 0 Å². The van der Waals surface area contributed by atoms with Crippen molar-refractivity contribution in [2.45, 2.75) is 0 Å². The number of hydrogen-bond donors (Lipinski definition) is 1. The highest BCUT2D eigenvalue weighted by atomic mass is 16.5. The first kappa shape index (κ1) is 20.0. The molecule has 31 heavy (non-hydrogen) atoms. The molecule has 2 N–H and O–H groups in total. The van der Waals surface area contributed by atoms with Crippen LogP contribution in [0.4, 0.5) is 5.82 Å². The molecule has 9 heteroatoms. The Morgan fingerprint density at radius 3 is 2.55 bits per heavy atom. The van der Waals surface area contributed by atoms with Gasteiger partial charge in [0.2, 0.25) is 0 Å². The Kier molecular flexibility index (Phi) is 5.08. The maximum Gasteiger partial charge on any atom is 0.355 e. The van der Waals surface area contributed by atoms with E-state index < -0.39 is 5.97 Å². The van der Waals surface area contributed by atoms with Crippen molar-refractivity contribution in [2.24, 2.45) is 0 Å². The number of anilines is 1. The average Bonchev–Trinajstić information content (AvgIpc) is 3.18.